The van der Waals surface area contributed by atoms with Crippen LogP contribution in [0.2, 0.25) is 0 Å². The minimum absolute atomic E-state index is 0.575. The Labute approximate surface area is 81.6 Å². The number of hydrogen-bond donors (Lipinski definition) is 2. The number of thioether (sulfide) groups is 1. The van der Waals surface area contributed by atoms with Crippen LogP contribution in [-0.2, 0) is 0 Å². The van der Waals surface area contributed by atoms with Crippen molar-refractivity contribution in [2.24, 2.45) is 16.8 Å². The van der Waals surface area contributed by atoms with Crippen LogP contribution < -0.4 is 11.7 Å². The Morgan fingerprint density at radius 2 is 2.00 bits per heavy atom. The molecule has 13 heavy (non-hydrogen) atoms. The predicted octanol–water partition coefficient (Wildman–Crippen LogP) is 0.814. The lowest BCUT2D eigenvalue weighted by atomic mass is 10.4. The standard InChI is InChI=1S/C8H12N4S/c1-12(10)8(11-9)13-7-5-3-2-4-6-7/h2-6H,9-10H2,1H3/b11-8+. The lowest BCUT2D eigenvalue weighted by Gasteiger charge is -2.12. The highest BCUT2D eigenvalue weighted by atomic mass is 32.2. The molecule has 0 aliphatic carbocycles. The van der Waals surface area contributed by atoms with Gasteiger partial charge in [-0.2, -0.15) is 5.10 Å². The summed E-state index contributed by atoms with van der Waals surface area (Å²) >= 11 is 1.42. The molecular formula is C8H12N4S. The van der Waals surface area contributed by atoms with Gasteiger partial charge in [-0.15, -0.1) is 0 Å². The van der Waals surface area contributed by atoms with Crippen molar-refractivity contribution in [3.63, 3.8) is 0 Å². The highest BCUT2D eigenvalue weighted by Crippen LogP contribution is 2.18. The van der Waals surface area contributed by atoms with Crippen molar-refractivity contribution >= 4 is 16.9 Å². The minimum atomic E-state index is 0.575. The molecule has 5 heteroatoms. The lowest BCUT2D eigenvalue weighted by molar-refractivity contribution is 0.548. The maximum atomic E-state index is 5.50. The maximum Gasteiger partial charge on any atom is 0.201 e. The molecule has 0 saturated carbocycles. The zero-order valence-electron chi connectivity index (χ0n) is 7.34. The van der Waals surface area contributed by atoms with E-state index < -0.39 is 0 Å². The van der Waals surface area contributed by atoms with Gasteiger partial charge in [0, 0.05) is 11.9 Å². The summed E-state index contributed by atoms with van der Waals surface area (Å²) in [6.07, 6.45) is 0. The van der Waals surface area contributed by atoms with Gasteiger partial charge in [0.25, 0.3) is 0 Å². The van der Waals surface area contributed by atoms with Crippen LogP contribution in [0.3, 0.4) is 0 Å². The molecule has 4 nitrogen and oxygen atoms in total. The molecule has 0 unspecified atom stereocenters. The third kappa shape index (κ3) is 2.96. The molecule has 0 amide bonds. The minimum Gasteiger partial charge on any atom is -0.321 e. The molecule has 0 aromatic heterocycles. The number of rotatable bonds is 1. The largest absolute Gasteiger partial charge is 0.321 e. The molecular weight excluding hydrogens is 184 g/mol. The van der Waals surface area contributed by atoms with E-state index in [1.165, 1.54) is 16.8 Å². The Morgan fingerprint density at radius 1 is 1.38 bits per heavy atom. The molecule has 0 heterocycles. The first kappa shape index (κ1) is 9.88. The van der Waals surface area contributed by atoms with E-state index in [1.807, 2.05) is 30.3 Å². The number of nitrogens with two attached hydrogens (primary N) is 2. The Bertz CT molecular complexity index is 283. The summed E-state index contributed by atoms with van der Waals surface area (Å²) in [5.41, 5.74) is 0. The summed E-state index contributed by atoms with van der Waals surface area (Å²) in [5.74, 6) is 10.7. The van der Waals surface area contributed by atoms with Gasteiger partial charge in [0.2, 0.25) is 5.17 Å². The van der Waals surface area contributed by atoms with Crippen molar-refractivity contribution in [3.05, 3.63) is 30.3 Å². The summed E-state index contributed by atoms with van der Waals surface area (Å²) < 4.78 is 0. The first-order valence-electron chi connectivity index (χ1n) is 3.73. The van der Waals surface area contributed by atoms with Crippen molar-refractivity contribution in [1.82, 2.24) is 5.01 Å². The molecule has 1 aromatic rings. The zero-order valence-corrected chi connectivity index (χ0v) is 8.16. The summed E-state index contributed by atoms with van der Waals surface area (Å²) in [7, 11) is 1.70. The number of hydrogen-bond acceptors (Lipinski definition) is 4. The lowest BCUT2D eigenvalue weighted by Crippen LogP contribution is -2.31. The van der Waals surface area contributed by atoms with E-state index in [1.54, 1.807) is 7.05 Å². The van der Waals surface area contributed by atoms with Crippen molar-refractivity contribution < 1.29 is 0 Å². The van der Waals surface area contributed by atoms with Crippen molar-refractivity contribution in [2.45, 2.75) is 4.90 Å². The summed E-state index contributed by atoms with van der Waals surface area (Å²) in [4.78, 5) is 1.06. The van der Waals surface area contributed by atoms with Crippen LogP contribution in [0.4, 0.5) is 0 Å². The zero-order chi connectivity index (χ0) is 9.68. The first-order chi connectivity index (χ1) is 6.24. The van der Waals surface area contributed by atoms with Gasteiger partial charge in [-0.1, -0.05) is 18.2 Å². The number of hydrazone groups is 1. The van der Waals surface area contributed by atoms with Crippen LogP contribution in [0.25, 0.3) is 0 Å². The summed E-state index contributed by atoms with van der Waals surface area (Å²) in [6.45, 7) is 0. The average molecular weight is 196 g/mol. The van der Waals surface area contributed by atoms with E-state index in [4.69, 9.17) is 11.7 Å². The van der Waals surface area contributed by atoms with Crippen LogP contribution in [0.1, 0.15) is 0 Å². The van der Waals surface area contributed by atoms with E-state index in [9.17, 15) is 0 Å². The average Bonchev–Trinajstić information content (AvgIpc) is 2.15. The predicted molar refractivity (Wildman–Crippen MR) is 55.9 cm³/mol. The highest BCUT2D eigenvalue weighted by molar-refractivity contribution is 8.13. The fraction of sp³-hybridized carbons (Fsp3) is 0.125. The summed E-state index contributed by atoms with van der Waals surface area (Å²) in [5, 5.41) is 5.53. The highest BCUT2D eigenvalue weighted by Gasteiger charge is 2.03. The fourth-order valence-corrected chi connectivity index (χ4v) is 1.48. The Kier molecular flexibility index (Phi) is 3.60. The van der Waals surface area contributed by atoms with Gasteiger partial charge in [0.15, 0.2) is 0 Å². The van der Waals surface area contributed by atoms with Crippen LogP contribution >= 0.6 is 11.8 Å². The first-order valence-corrected chi connectivity index (χ1v) is 4.55. The van der Waals surface area contributed by atoms with E-state index in [0.717, 1.165) is 4.90 Å². The number of amidine groups is 1. The van der Waals surface area contributed by atoms with Gasteiger partial charge in [0.1, 0.15) is 0 Å². The molecule has 70 valence electrons. The van der Waals surface area contributed by atoms with Gasteiger partial charge in [-0.3, -0.25) is 5.01 Å². The third-order valence-electron chi connectivity index (χ3n) is 1.36. The Hall–Kier alpha value is -1.20. The van der Waals surface area contributed by atoms with Crippen LogP contribution in [0.15, 0.2) is 40.3 Å². The topological polar surface area (TPSA) is 67.6 Å². The van der Waals surface area contributed by atoms with Crippen LogP contribution in [0, 0.1) is 0 Å². The molecule has 0 atom stereocenters. The fourth-order valence-electron chi connectivity index (χ4n) is 0.783. The smallest absolute Gasteiger partial charge is 0.201 e. The van der Waals surface area contributed by atoms with Gasteiger partial charge in [-0.05, 0) is 23.9 Å². The van der Waals surface area contributed by atoms with E-state index in [2.05, 4.69) is 5.10 Å². The molecule has 0 saturated heterocycles. The van der Waals surface area contributed by atoms with Gasteiger partial charge >= 0.3 is 0 Å². The number of hydrazine groups is 1. The van der Waals surface area contributed by atoms with E-state index >= 15 is 0 Å². The monoisotopic (exact) mass is 196 g/mol. The van der Waals surface area contributed by atoms with Crippen molar-refractivity contribution in [1.29, 1.82) is 0 Å². The molecule has 4 N–H and O–H groups in total. The third-order valence-corrected chi connectivity index (χ3v) is 2.45. The van der Waals surface area contributed by atoms with Crippen molar-refractivity contribution in [2.75, 3.05) is 7.05 Å². The van der Waals surface area contributed by atoms with Crippen LogP contribution in [-0.4, -0.2) is 17.2 Å². The molecule has 1 rings (SSSR count). The van der Waals surface area contributed by atoms with E-state index in [0.29, 0.717) is 5.17 Å². The molecule has 0 fully saturated rings. The molecule has 0 radical (unpaired) electrons. The van der Waals surface area contributed by atoms with Crippen molar-refractivity contribution in [3.8, 4) is 0 Å². The molecule has 0 aliphatic rings. The van der Waals surface area contributed by atoms with Gasteiger partial charge in [0.05, 0.1) is 0 Å². The number of nitrogens with zero attached hydrogens (tertiary/aromatic N) is 2. The molecule has 0 bridgehead atoms. The molecule has 0 aliphatic heterocycles. The number of benzene rings is 1. The quantitative estimate of drug-likeness (QED) is 0.229. The van der Waals surface area contributed by atoms with E-state index in [-0.39, 0.29) is 0 Å². The normalized spacial score (nSPS) is 11.4. The van der Waals surface area contributed by atoms with Gasteiger partial charge in [-0.25, -0.2) is 5.84 Å². The maximum absolute atomic E-state index is 5.50. The van der Waals surface area contributed by atoms with Crippen LogP contribution in [0.5, 0.6) is 0 Å². The van der Waals surface area contributed by atoms with Gasteiger partial charge < -0.3 is 5.84 Å². The molecule has 1 aromatic carbocycles. The Balaban J connectivity index is 2.69. The Morgan fingerprint density at radius 3 is 2.46 bits per heavy atom. The summed E-state index contributed by atoms with van der Waals surface area (Å²) in [6, 6.07) is 9.80. The SMILES string of the molecule is CN(N)/C(=N\N)Sc1ccccc1. The second-order valence-electron chi connectivity index (χ2n) is 2.44. The second kappa shape index (κ2) is 4.74. The second-order valence-corrected chi connectivity index (χ2v) is 3.48. The molecule has 0 spiro atoms.